The van der Waals surface area contributed by atoms with Crippen LogP contribution in [0.4, 0.5) is 5.69 Å². The van der Waals surface area contributed by atoms with Crippen molar-refractivity contribution in [2.24, 2.45) is 0 Å². The highest BCUT2D eigenvalue weighted by molar-refractivity contribution is 7.99. The minimum Gasteiger partial charge on any atom is -0.493 e. The highest BCUT2D eigenvalue weighted by atomic mass is 32.2. The molecular formula is C19H21N5O4S. The molecule has 3 rings (SSSR count). The maximum atomic E-state index is 12.5. The van der Waals surface area contributed by atoms with E-state index in [1.807, 2.05) is 31.2 Å². The van der Waals surface area contributed by atoms with Gasteiger partial charge >= 0.3 is 0 Å². The molecule has 10 heteroatoms. The lowest BCUT2D eigenvalue weighted by Gasteiger charge is -2.14. The molecule has 1 amide bonds. The molecule has 2 aromatic carbocycles. The topological polar surface area (TPSA) is 100 Å². The standard InChI is InChI=1S/C19H21N5O4S/c1-12-7-5-6-8-14(12)24-19(21-22-23-24)29-11-17(25)20-13-9-15(26-2)18(28-4)16(10-13)27-3/h5-10H,11H2,1-4H3,(H,20,25). The van der Waals surface area contributed by atoms with Crippen LogP contribution in [0.25, 0.3) is 5.69 Å². The summed E-state index contributed by atoms with van der Waals surface area (Å²) in [4.78, 5) is 12.5. The molecule has 29 heavy (non-hydrogen) atoms. The van der Waals surface area contributed by atoms with Crippen LogP contribution >= 0.6 is 11.8 Å². The average molecular weight is 415 g/mol. The van der Waals surface area contributed by atoms with Crippen LogP contribution in [0.5, 0.6) is 17.2 Å². The summed E-state index contributed by atoms with van der Waals surface area (Å²) in [6.45, 7) is 1.97. The predicted octanol–water partition coefficient (Wildman–Crippen LogP) is 2.73. The fourth-order valence-electron chi connectivity index (χ4n) is 2.70. The third-order valence-electron chi connectivity index (χ3n) is 4.07. The van der Waals surface area contributed by atoms with Gasteiger partial charge in [0.1, 0.15) is 0 Å². The highest BCUT2D eigenvalue weighted by Crippen LogP contribution is 2.40. The largest absolute Gasteiger partial charge is 0.493 e. The number of para-hydroxylation sites is 1. The molecule has 0 aliphatic rings. The van der Waals surface area contributed by atoms with E-state index in [4.69, 9.17) is 14.2 Å². The van der Waals surface area contributed by atoms with Crippen LogP contribution in [-0.4, -0.2) is 53.2 Å². The number of hydrogen-bond acceptors (Lipinski definition) is 8. The summed E-state index contributed by atoms with van der Waals surface area (Å²) in [6.07, 6.45) is 0. The van der Waals surface area contributed by atoms with Crippen molar-refractivity contribution < 1.29 is 19.0 Å². The van der Waals surface area contributed by atoms with Crippen molar-refractivity contribution in [3.05, 3.63) is 42.0 Å². The molecule has 0 spiro atoms. The molecule has 0 radical (unpaired) electrons. The van der Waals surface area contributed by atoms with Gasteiger partial charge < -0.3 is 19.5 Å². The van der Waals surface area contributed by atoms with Gasteiger partial charge in [-0.1, -0.05) is 30.0 Å². The number of carbonyl (C=O) groups excluding carboxylic acids is 1. The number of hydrogen-bond donors (Lipinski definition) is 1. The third-order valence-corrected chi connectivity index (χ3v) is 4.98. The third kappa shape index (κ3) is 4.60. The van der Waals surface area contributed by atoms with Crippen LogP contribution in [-0.2, 0) is 4.79 Å². The predicted molar refractivity (Wildman–Crippen MR) is 109 cm³/mol. The molecule has 0 saturated heterocycles. The van der Waals surface area contributed by atoms with Gasteiger partial charge in [0.2, 0.25) is 16.8 Å². The lowest BCUT2D eigenvalue weighted by atomic mass is 10.2. The van der Waals surface area contributed by atoms with E-state index in [0.29, 0.717) is 28.1 Å². The smallest absolute Gasteiger partial charge is 0.234 e. The van der Waals surface area contributed by atoms with E-state index < -0.39 is 0 Å². The van der Waals surface area contributed by atoms with Gasteiger partial charge in [0.25, 0.3) is 0 Å². The van der Waals surface area contributed by atoms with Crippen molar-refractivity contribution in [1.29, 1.82) is 0 Å². The SMILES string of the molecule is COc1cc(NC(=O)CSc2nnnn2-c2ccccc2C)cc(OC)c1OC. The lowest BCUT2D eigenvalue weighted by molar-refractivity contribution is -0.113. The maximum Gasteiger partial charge on any atom is 0.234 e. The number of aromatic nitrogens is 4. The molecule has 1 aromatic heterocycles. The zero-order valence-electron chi connectivity index (χ0n) is 16.5. The number of carbonyl (C=O) groups is 1. The number of anilines is 1. The van der Waals surface area contributed by atoms with Crippen LogP contribution in [0, 0.1) is 6.92 Å². The average Bonchev–Trinajstić information content (AvgIpc) is 3.20. The minimum absolute atomic E-state index is 0.128. The number of tetrazole rings is 1. The van der Waals surface area contributed by atoms with Crippen LogP contribution in [0.15, 0.2) is 41.6 Å². The Kier molecular flexibility index (Phi) is 6.55. The molecule has 3 aromatic rings. The number of ether oxygens (including phenoxy) is 3. The number of thioether (sulfide) groups is 1. The van der Waals surface area contributed by atoms with E-state index in [0.717, 1.165) is 11.3 Å². The van der Waals surface area contributed by atoms with E-state index in [9.17, 15) is 4.79 Å². The van der Waals surface area contributed by atoms with Gasteiger partial charge in [-0.05, 0) is 29.0 Å². The fourth-order valence-corrected chi connectivity index (χ4v) is 3.39. The van der Waals surface area contributed by atoms with Crippen molar-refractivity contribution in [2.45, 2.75) is 12.1 Å². The molecule has 0 unspecified atom stereocenters. The quantitative estimate of drug-likeness (QED) is 0.561. The Morgan fingerprint density at radius 1 is 1.10 bits per heavy atom. The first-order chi connectivity index (χ1) is 14.1. The molecule has 0 fully saturated rings. The number of amides is 1. The van der Waals surface area contributed by atoms with Gasteiger partial charge in [-0.15, -0.1) is 5.10 Å². The number of aryl methyl sites for hydroxylation is 1. The molecule has 152 valence electrons. The Hall–Kier alpha value is -3.27. The van der Waals surface area contributed by atoms with E-state index in [1.165, 1.54) is 33.1 Å². The van der Waals surface area contributed by atoms with Gasteiger partial charge in [0, 0.05) is 17.8 Å². The molecule has 0 aliphatic heterocycles. The van der Waals surface area contributed by atoms with Crippen LogP contribution < -0.4 is 19.5 Å². The first-order valence-electron chi connectivity index (χ1n) is 8.64. The second-order valence-corrected chi connectivity index (χ2v) is 6.85. The van der Waals surface area contributed by atoms with Gasteiger partial charge in [-0.2, -0.15) is 4.68 Å². The second kappa shape index (κ2) is 9.28. The lowest BCUT2D eigenvalue weighted by Crippen LogP contribution is -2.15. The van der Waals surface area contributed by atoms with Crippen LogP contribution in [0.3, 0.4) is 0 Å². The van der Waals surface area contributed by atoms with Crippen molar-refractivity contribution >= 4 is 23.4 Å². The number of nitrogens with one attached hydrogen (secondary N) is 1. The van der Waals surface area contributed by atoms with Crippen molar-refractivity contribution in [3.63, 3.8) is 0 Å². The van der Waals surface area contributed by atoms with E-state index >= 15 is 0 Å². The molecule has 0 atom stereocenters. The Morgan fingerprint density at radius 2 is 1.79 bits per heavy atom. The summed E-state index contributed by atoms with van der Waals surface area (Å²) in [7, 11) is 4.56. The summed E-state index contributed by atoms with van der Waals surface area (Å²) < 4.78 is 17.5. The van der Waals surface area contributed by atoms with Crippen LogP contribution in [0.1, 0.15) is 5.56 Å². The highest BCUT2D eigenvalue weighted by Gasteiger charge is 2.16. The molecule has 1 heterocycles. The molecule has 9 nitrogen and oxygen atoms in total. The second-order valence-electron chi connectivity index (χ2n) is 5.91. The number of methoxy groups -OCH3 is 3. The van der Waals surface area contributed by atoms with Crippen molar-refractivity contribution in [1.82, 2.24) is 20.2 Å². The molecule has 0 aliphatic carbocycles. The Bertz CT molecular complexity index is 983. The van der Waals surface area contributed by atoms with E-state index in [-0.39, 0.29) is 11.7 Å². The zero-order chi connectivity index (χ0) is 20.8. The molecular weight excluding hydrogens is 394 g/mol. The van der Waals surface area contributed by atoms with Crippen molar-refractivity contribution in [3.8, 4) is 22.9 Å². The number of rotatable bonds is 8. The van der Waals surface area contributed by atoms with Crippen molar-refractivity contribution in [2.75, 3.05) is 32.4 Å². The monoisotopic (exact) mass is 415 g/mol. The number of benzene rings is 2. The van der Waals surface area contributed by atoms with Gasteiger partial charge in [0.05, 0.1) is 32.8 Å². The zero-order valence-corrected chi connectivity index (χ0v) is 17.3. The Labute approximate surface area is 172 Å². The first kappa shape index (κ1) is 20.5. The van der Waals surface area contributed by atoms with Gasteiger partial charge in [0.15, 0.2) is 11.5 Å². The Morgan fingerprint density at radius 3 is 2.41 bits per heavy atom. The van der Waals surface area contributed by atoms with Crippen LogP contribution in [0.2, 0.25) is 0 Å². The summed E-state index contributed by atoms with van der Waals surface area (Å²) in [5.74, 6) is 1.28. The summed E-state index contributed by atoms with van der Waals surface area (Å²) in [5.41, 5.74) is 2.43. The maximum absolute atomic E-state index is 12.5. The minimum atomic E-state index is -0.219. The van der Waals surface area contributed by atoms with Gasteiger partial charge in [-0.25, -0.2) is 0 Å². The molecule has 1 N–H and O–H groups in total. The number of nitrogens with zero attached hydrogens (tertiary/aromatic N) is 4. The van der Waals surface area contributed by atoms with E-state index in [2.05, 4.69) is 20.8 Å². The molecule has 0 bridgehead atoms. The van der Waals surface area contributed by atoms with E-state index in [1.54, 1.807) is 16.8 Å². The first-order valence-corrected chi connectivity index (χ1v) is 9.63. The summed E-state index contributed by atoms with van der Waals surface area (Å²) in [6, 6.07) is 11.1. The summed E-state index contributed by atoms with van der Waals surface area (Å²) >= 11 is 1.24. The Balaban J connectivity index is 1.71. The normalized spacial score (nSPS) is 10.5. The summed E-state index contributed by atoms with van der Waals surface area (Å²) in [5, 5.41) is 15.1. The van der Waals surface area contributed by atoms with Gasteiger partial charge in [-0.3, -0.25) is 4.79 Å². The fraction of sp³-hybridized carbons (Fsp3) is 0.263. The molecule has 0 saturated carbocycles.